The number of ether oxygens (including phenoxy) is 1. The number of nitrogens with zero attached hydrogens (tertiary/aromatic N) is 1. The van der Waals surface area contributed by atoms with Crippen LogP contribution >= 0.6 is 0 Å². The molecule has 3 rings (SSSR count). The molecule has 1 aliphatic rings. The van der Waals surface area contributed by atoms with Crippen LogP contribution in [0.3, 0.4) is 0 Å². The molecule has 0 radical (unpaired) electrons. The molecule has 2 amide bonds. The minimum Gasteiger partial charge on any atom is -0.467 e. The maximum absolute atomic E-state index is 13.2. The lowest BCUT2D eigenvalue weighted by atomic mass is 10.0. The lowest BCUT2D eigenvalue weighted by molar-refractivity contribution is -0.142. The molecular weight excluding hydrogens is 465 g/mol. The highest BCUT2D eigenvalue weighted by atomic mass is 32.2. The van der Waals surface area contributed by atoms with Gasteiger partial charge in [0.25, 0.3) is 0 Å². The summed E-state index contributed by atoms with van der Waals surface area (Å²) in [6.07, 6.45) is 3.18. The topological polar surface area (TPSA) is 118 Å². The van der Waals surface area contributed by atoms with Crippen molar-refractivity contribution in [1.82, 2.24) is 14.9 Å². The minimum absolute atomic E-state index is 0.0136. The molecule has 1 aromatic carbocycles. The number of furan rings is 1. The van der Waals surface area contributed by atoms with Gasteiger partial charge in [-0.3, -0.25) is 9.59 Å². The summed E-state index contributed by atoms with van der Waals surface area (Å²) in [4.78, 5) is 27.4. The van der Waals surface area contributed by atoms with Crippen LogP contribution in [0.1, 0.15) is 32.4 Å². The number of sulfonamides is 1. The van der Waals surface area contributed by atoms with E-state index < -0.39 is 34.3 Å². The number of amides is 2. The van der Waals surface area contributed by atoms with Crippen LogP contribution in [0.25, 0.3) is 0 Å². The fourth-order valence-electron chi connectivity index (χ4n) is 3.80. The molecule has 34 heavy (non-hydrogen) atoms. The van der Waals surface area contributed by atoms with Crippen molar-refractivity contribution < 1.29 is 31.6 Å². The normalized spacial score (nSPS) is 17.0. The third-order valence-corrected chi connectivity index (χ3v) is 6.94. The van der Waals surface area contributed by atoms with E-state index >= 15 is 0 Å². The first-order valence-corrected chi connectivity index (χ1v) is 12.6. The molecule has 0 aliphatic carbocycles. The Morgan fingerprint density at radius 3 is 2.53 bits per heavy atom. The van der Waals surface area contributed by atoms with Gasteiger partial charge in [-0.15, -0.1) is 0 Å². The molecule has 2 aromatic rings. The lowest BCUT2D eigenvalue weighted by Crippen LogP contribution is -2.54. The smallest absolute Gasteiger partial charge is 0.243 e. The number of halogens is 1. The van der Waals surface area contributed by atoms with Crippen molar-refractivity contribution in [1.29, 1.82) is 0 Å². The summed E-state index contributed by atoms with van der Waals surface area (Å²) in [6.45, 7) is 4.01. The molecule has 1 fully saturated rings. The average Bonchev–Trinajstić information content (AvgIpc) is 3.50. The maximum atomic E-state index is 13.2. The second-order valence-electron chi connectivity index (χ2n) is 8.45. The maximum Gasteiger partial charge on any atom is 0.243 e. The quantitative estimate of drug-likeness (QED) is 0.493. The first-order chi connectivity index (χ1) is 16.2. The molecule has 2 atom stereocenters. The van der Waals surface area contributed by atoms with E-state index in [1.54, 1.807) is 26.0 Å². The van der Waals surface area contributed by atoms with Crippen LogP contribution in [0.2, 0.25) is 0 Å². The Morgan fingerprint density at radius 2 is 1.94 bits per heavy atom. The standard InChI is InChI=1S/C23H30FN3O6S/c1-16(2)22(23(29)25-13-18-5-3-11-32-18)27(15-19-6-4-12-33-19)21(28)14-26-34(30,31)20-9-7-17(24)8-10-20/h4,6-10,12,16,18,22,26H,3,5,11,13-15H2,1-2H3,(H,25,29)/t18-,22+/m1/s1. The Bertz CT molecular complexity index is 1050. The molecule has 1 aliphatic heterocycles. The summed E-state index contributed by atoms with van der Waals surface area (Å²) in [7, 11) is -4.06. The molecule has 11 heteroatoms. The Morgan fingerprint density at radius 1 is 1.21 bits per heavy atom. The highest BCUT2D eigenvalue weighted by Crippen LogP contribution is 2.18. The van der Waals surface area contributed by atoms with Crippen LogP contribution in [0.4, 0.5) is 4.39 Å². The molecule has 0 saturated carbocycles. The van der Waals surface area contributed by atoms with Crippen LogP contribution in [-0.2, 0) is 30.9 Å². The van der Waals surface area contributed by atoms with Gasteiger partial charge in [0.05, 0.1) is 30.4 Å². The van der Waals surface area contributed by atoms with Crippen LogP contribution in [0, 0.1) is 11.7 Å². The zero-order valence-electron chi connectivity index (χ0n) is 19.2. The lowest BCUT2D eigenvalue weighted by Gasteiger charge is -2.33. The number of hydrogen-bond donors (Lipinski definition) is 2. The zero-order chi connectivity index (χ0) is 24.7. The van der Waals surface area contributed by atoms with Crippen molar-refractivity contribution >= 4 is 21.8 Å². The number of rotatable bonds is 11. The third kappa shape index (κ3) is 6.87. The minimum atomic E-state index is -4.06. The molecule has 1 aromatic heterocycles. The predicted molar refractivity (Wildman–Crippen MR) is 121 cm³/mol. The van der Waals surface area contributed by atoms with Gasteiger partial charge < -0.3 is 19.4 Å². The van der Waals surface area contributed by atoms with Crippen LogP contribution < -0.4 is 10.0 Å². The van der Waals surface area contributed by atoms with Crippen LogP contribution in [0.15, 0.2) is 52.0 Å². The van der Waals surface area contributed by atoms with Gasteiger partial charge in [-0.25, -0.2) is 17.5 Å². The third-order valence-electron chi connectivity index (χ3n) is 5.53. The van der Waals surface area contributed by atoms with Crippen molar-refractivity contribution in [2.24, 2.45) is 5.92 Å². The van der Waals surface area contributed by atoms with E-state index in [0.717, 1.165) is 37.1 Å². The summed E-state index contributed by atoms with van der Waals surface area (Å²) in [5.41, 5.74) is 0. The first kappa shape index (κ1) is 25.9. The highest BCUT2D eigenvalue weighted by molar-refractivity contribution is 7.89. The molecule has 2 heterocycles. The molecule has 186 valence electrons. The van der Waals surface area contributed by atoms with Gasteiger partial charge in [0.1, 0.15) is 17.6 Å². The van der Waals surface area contributed by atoms with Gasteiger partial charge in [-0.2, -0.15) is 0 Å². The zero-order valence-corrected chi connectivity index (χ0v) is 20.0. The molecule has 2 N–H and O–H groups in total. The summed E-state index contributed by atoms with van der Waals surface area (Å²) < 4.78 is 51.4. The fraction of sp³-hybridized carbons (Fsp3) is 0.478. The number of carbonyl (C=O) groups is 2. The Hall–Kier alpha value is -2.76. The van der Waals surface area contributed by atoms with Crippen LogP contribution in [-0.4, -0.2) is 57.0 Å². The van der Waals surface area contributed by atoms with Gasteiger partial charge in [-0.1, -0.05) is 13.8 Å². The Balaban J connectivity index is 1.75. The molecule has 0 bridgehead atoms. The van der Waals surface area contributed by atoms with E-state index in [1.807, 2.05) is 0 Å². The van der Waals surface area contributed by atoms with Gasteiger partial charge in [0.15, 0.2) is 0 Å². The largest absolute Gasteiger partial charge is 0.467 e. The van der Waals surface area contributed by atoms with Crippen molar-refractivity contribution in [3.8, 4) is 0 Å². The van der Waals surface area contributed by atoms with E-state index in [1.165, 1.54) is 11.2 Å². The molecule has 0 unspecified atom stereocenters. The van der Waals surface area contributed by atoms with Gasteiger partial charge >= 0.3 is 0 Å². The summed E-state index contributed by atoms with van der Waals surface area (Å²) in [5, 5.41) is 2.86. The van der Waals surface area contributed by atoms with Crippen molar-refractivity contribution in [2.75, 3.05) is 19.7 Å². The summed E-state index contributed by atoms with van der Waals surface area (Å²) in [5.74, 6) is -1.35. The average molecular weight is 496 g/mol. The van der Waals surface area contributed by atoms with Crippen molar-refractivity contribution in [2.45, 2.75) is 50.3 Å². The van der Waals surface area contributed by atoms with E-state index in [9.17, 15) is 22.4 Å². The molecule has 1 saturated heterocycles. The molecule has 9 nitrogen and oxygen atoms in total. The van der Waals surface area contributed by atoms with Crippen LogP contribution in [0.5, 0.6) is 0 Å². The van der Waals surface area contributed by atoms with Gasteiger partial charge in [0, 0.05) is 13.2 Å². The monoisotopic (exact) mass is 495 g/mol. The fourth-order valence-corrected chi connectivity index (χ4v) is 4.77. The first-order valence-electron chi connectivity index (χ1n) is 11.1. The molecule has 0 spiro atoms. The second kappa shape index (κ2) is 11.6. The number of nitrogens with one attached hydrogen (secondary N) is 2. The van der Waals surface area contributed by atoms with Gasteiger partial charge in [0.2, 0.25) is 21.8 Å². The summed E-state index contributed by atoms with van der Waals surface area (Å²) >= 11 is 0. The van der Waals surface area contributed by atoms with Gasteiger partial charge in [-0.05, 0) is 55.2 Å². The molecular formula is C23H30FN3O6S. The van der Waals surface area contributed by atoms with Crippen molar-refractivity contribution in [3.63, 3.8) is 0 Å². The Kier molecular flexibility index (Phi) is 8.81. The van der Waals surface area contributed by atoms with Crippen molar-refractivity contribution in [3.05, 3.63) is 54.2 Å². The number of benzene rings is 1. The van der Waals surface area contributed by atoms with E-state index in [-0.39, 0.29) is 29.4 Å². The second-order valence-corrected chi connectivity index (χ2v) is 10.2. The SMILES string of the molecule is CC(C)[C@@H](C(=O)NC[C@H]1CCCO1)N(Cc1ccco1)C(=O)CNS(=O)(=O)c1ccc(F)cc1. The van der Waals surface area contributed by atoms with E-state index in [4.69, 9.17) is 9.15 Å². The number of hydrogen-bond acceptors (Lipinski definition) is 6. The highest BCUT2D eigenvalue weighted by Gasteiger charge is 2.34. The Labute approximate surface area is 198 Å². The van der Waals surface area contributed by atoms with E-state index in [0.29, 0.717) is 18.9 Å². The predicted octanol–water partition coefficient (Wildman–Crippen LogP) is 2.05. The van der Waals surface area contributed by atoms with E-state index in [2.05, 4.69) is 10.0 Å². The number of carbonyl (C=O) groups excluding carboxylic acids is 2. The summed E-state index contributed by atoms with van der Waals surface area (Å²) in [6, 6.07) is 6.73.